The molecule has 2 fully saturated rings. The first-order chi connectivity index (χ1) is 8.16. The molecule has 0 aromatic carbocycles. The molecule has 1 aliphatic carbocycles. The lowest BCUT2D eigenvalue weighted by atomic mass is 9.81. The fraction of sp³-hybridized carbons (Fsp3) is 0.846. The lowest BCUT2D eigenvalue weighted by Crippen LogP contribution is -2.39. The molecule has 2 amide bonds. The molecule has 4 heteroatoms. The van der Waals surface area contributed by atoms with Crippen molar-refractivity contribution < 1.29 is 14.7 Å². The summed E-state index contributed by atoms with van der Waals surface area (Å²) in [5.74, 6) is -0.0315. The van der Waals surface area contributed by atoms with Crippen LogP contribution in [-0.4, -0.2) is 34.5 Å². The Morgan fingerprint density at radius 3 is 2.24 bits per heavy atom. The standard InChI is InChI=1S/C13H21NO3/c1-9(5-4-8-15)14-12(16)10-6-2-3-7-11(10)13(14)17/h9-11,15H,2-8H2,1H3. The van der Waals surface area contributed by atoms with E-state index in [9.17, 15) is 9.59 Å². The summed E-state index contributed by atoms with van der Waals surface area (Å²) in [6.07, 6.45) is 5.23. The molecule has 0 bridgehead atoms. The second-order valence-electron chi connectivity index (χ2n) is 5.26. The molecule has 3 unspecified atom stereocenters. The van der Waals surface area contributed by atoms with Crippen molar-refractivity contribution in [1.29, 1.82) is 0 Å². The largest absolute Gasteiger partial charge is 0.396 e. The first kappa shape index (κ1) is 12.6. The molecular formula is C13H21NO3. The number of rotatable bonds is 4. The van der Waals surface area contributed by atoms with Crippen molar-refractivity contribution in [1.82, 2.24) is 4.90 Å². The summed E-state index contributed by atoms with van der Waals surface area (Å²) in [6.45, 7) is 2.02. The molecule has 1 saturated carbocycles. The number of carbonyl (C=O) groups excluding carboxylic acids is 2. The van der Waals surface area contributed by atoms with Gasteiger partial charge in [-0.25, -0.2) is 0 Å². The summed E-state index contributed by atoms with van der Waals surface area (Å²) in [5.41, 5.74) is 0. The van der Waals surface area contributed by atoms with Crippen LogP contribution in [0.5, 0.6) is 0 Å². The molecule has 17 heavy (non-hydrogen) atoms. The molecular weight excluding hydrogens is 218 g/mol. The Kier molecular flexibility index (Phi) is 3.82. The van der Waals surface area contributed by atoms with E-state index in [4.69, 9.17) is 5.11 Å². The maximum absolute atomic E-state index is 12.2. The molecule has 3 atom stereocenters. The van der Waals surface area contributed by atoms with Crippen LogP contribution in [0.2, 0.25) is 0 Å². The van der Waals surface area contributed by atoms with Gasteiger partial charge in [-0.1, -0.05) is 12.8 Å². The number of imide groups is 1. The Morgan fingerprint density at radius 2 is 1.76 bits per heavy atom. The molecule has 2 aliphatic rings. The smallest absolute Gasteiger partial charge is 0.233 e. The summed E-state index contributed by atoms with van der Waals surface area (Å²) < 4.78 is 0. The third kappa shape index (κ3) is 2.23. The van der Waals surface area contributed by atoms with Crippen LogP contribution in [0.25, 0.3) is 0 Å². The lowest BCUT2D eigenvalue weighted by molar-refractivity contribution is -0.142. The van der Waals surface area contributed by atoms with Gasteiger partial charge in [-0.15, -0.1) is 0 Å². The Balaban J connectivity index is 2.07. The van der Waals surface area contributed by atoms with Gasteiger partial charge in [0.25, 0.3) is 0 Å². The van der Waals surface area contributed by atoms with Crippen LogP contribution in [0.4, 0.5) is 0 Å². The number of hydrogen-bond donors (Lipinski definition) is 1. The van der Waals surface area contributed by atoms with E-state index in [0.717, 1.165) is 25.7 Å². The number of aliphatic hydroxyl groups is 1. The summed E-state index contributed by atoms with van der Waals surface area (Å²) in [4.78, 5) is 25.9. The van der Waals surface area contributed by atoms with Gasteiger partial charge in [0.2, 0.25) is 11.8 Å². The van der Waals surface area contributed by atoms with Crippen LogP contribution in [0.3, 0.4) is 0 Å². The van der Waals surface area contributed by atoms with E-state index < -0.39 is 0 Å². The van der Waals surface area contributed by atoms with Gasteiger partial charge in [-0.2, -0.15) is 0 Å². The number of amides is 2. The zero-order chi connectivity index (χ0) is 12.4. The average molecular weight is 239 g/mol. The highest BCUT2D eigenvalue weighted by atomic mass is 16.3. The predicted molar refractivity (Wildman–Crippen MR) is 63.1 cm³/mol. The molecule has 0 aromatic rings. The Hall–Kier alpha value is -0.900. The van der Waals surface area contributed by atoms with Crippen LogP contribution in [0, 0.1) is 11.8 Å². The van der Waals surface area contributed by atoms with Crippen LogP contribution >= 0.6 is 0 Å². The molecule has 96 valence electrons. The number of fused-ring (bicyclic) bond motifs is 1. The fourth-order valence-corrected chi connectivity index (χ4v) is 3.14. The van der Waals surface area contributed by atoms with E-state index in [1.165, 1.54) is 4.90 Å². The second kappa shape index (κ2) is 5.17. The minimum Gasteiger partial charge on any atom is -0.396 e. The summed E-state index contributed by atoms with van der Waals surface area (Å²) >= 11 is 0. The van der Waals surface area contributed by atoms with Gasteiger partial charge in [-0.3, -0.25) is 14.5 Å². The van der Waals surface area contributed by atoms with Crippen LogP contribution in [-0.2, 0) is 9.59 Å². The molecule has 1 N–H and O–H groups in total. The summed E-state index contributed by atoms with van der Waals surface area (Å²) in [5, 5.41) is 8.81. The number of hydrogen-bond acceptors (Lipinski definition) is 3. The van der Waals surface area contributed by atoms with E-state index in [0.29, 0.717) is 12.8 Å². The van der Waals surface area contributed by atoms with Gasteiger partial charge in [0.15, 0.2) is 0 Å². The highest BCUT2D eigenvalue weighted by Gasteiger charge is 2.49. The van der Waals surface area contributed by atoms with Crippen LogP contribution in [0.1, 0.15) is 45.4 Å². The third-order valence-corrected chi connectivity index (χ3v) is 4.10. The maximum atomic E-state index is 12.2. The summed E-state index contributed by atoms with van der Waals surface area (Å²) in [7, 11) is 0. The van der Waals surface area contributed by atoms with Gasteiger partial charge in [0, 0.05) is 12.6 Å². The minimum absolute atomic E-state index is 0.0325. The van der Waals surface area contributed by atoms with Gasteiger partial charge in [-0.05, 0) is 32.6 Å². The van der Waals surface area contributed by atoms with Crippen LogP contribution in [0.15, 0.2) is 0 Å². The fourth-order valence-electron chi connectivity index (χ4n) is 3.14. The lowest BCUT2D eigenvalue weighted by Gasteiger charge is -2.22. The van der Waals surface area contributed by atoms with E-state index in [2.05, 4.69) is 0 Å². The second-order valence-corrected chi connectivity index (χ2v) is 5.26. The van der Waals surface area contributed by atoms with Gasteiger partial charge in [0.05, 0.1) is 11.8 Å². The zero-order valence-corrected chi connectivity index (χ0v) is 10.4. The maximum Gasteiger partial charge on any atom is 0.233 e. The molecule has 0 radical (unpaired) electrons. The Bertz CT molecular complexity index is 292. The number of likely N-dealkylation sites (tertiary alicyclic amines) is 1. The molecule has 1 saturated heterocycles. The molecule has 2 rings (SSSR count). The Morgan fingerprint density at radius 1 is 1.24 bits per heavy atom. The van der Waals surface area contributed by atoms with Crippen molar-refractivity contribution >= 4 is 11.8 Å². The molecule has 0 aromatic heterocycles. The summed E-state index contributed by atoms with van der Waals surface area (Å²) in [6, 6.07) is -0.0623. The first-order valence-corrected chi connectivity index (χ1v) is 6.64. The third-order valence-electron chi connectivity index (χ3n) is 4.10. The van der Waals surface area contributed by atoms with E-state index >= 15 is 0 Å². The molecule has 1 aliphatic heterocycles. The highest BCUT2D eigenvalue weighted by Crippen LogP contribution is 2.39. The number of nitrogens with zero attached hydrogens (tertiary/aromatic N) is 1. The highest BCUT2D eigenvalue weighted by molar-refractivity contribution is 6.05. The monoisotopic (exact) mass is 239 g/mol. The topological polar surface area (TPSA) is 57.6 Å². The molecule has 4 nitrogen and oxygen atoms in total. The van der Waals surface area contributed by atoms with E-state index in [1.807, 2.05) is 6.92 Å². The number of aliphatic hydroxyl groups excluding tert-OH is 1. The number of carbonyl (C=O) groups is 2. The Labute approximate surface area is 102 Å². The van der Waals surface area contributed by atoms with E-state index in [-0.39, 0.29) is 36.3 Å². The predicted octanol–water partition coefficient (Wildman–Crippen LogP) is 1.32. The molecule has 1 heterocycles. The minimum atomic E-state index is -0.0623. The average Bonchev–Trinajstić information content (AvgIpc) is 2.60. The van der Waals surface area contributed by atoms with Gasteiger partial charge < -0.3 is 5.11 Å². The van der Waals surface area contributed by atoms with Gasteiger partial charge >= 0.3 is 0 Å². The van der Waals surface area contributed by atoms with Crippen molar-refractivity contribution in [2.75, 3.05) is 6.61 Å². The van der Waals surface area contributed by atoms with Crippen molar-refractivity contribution in [2.45, 2.75) is 51.5 Å². The van der Waals surface area contributed by atoms with Crippen molar-refractivity contribution in [3.63, 3.8) is 0 Å². The first-order valence-electron chi connectivity index (χ1n) is 6.64. The van der Waals surface area contributed by atoms with Crippen molar-refractivity contribution in [3.05, 3.63) is 0 Å². The van der Waals surface area contributed by atoms with Crippen LogP contribution < -0.4 is 0 Å². The van der Waals surface area contributed by atoms with Gasteiger partial charge in [0.1, 0.15) is 0 Å². The van der Waals surface area contributed by atoms with Crippen molar-refractivity contribution in [3.8, 4) is 0 Å². The zero-order valence-electron chi connectivity index (χ0n) is 10.4. The SMILES string of the molecule is CC(CCCO)N1C(=O)C2CCCCC2C1=O. The quantitative estimate of drug-likeness (QED) is 0.753. The van der Waals surface area contributed by atoms with E-state index in [1.54, 1.807) is 0 Å². The van der Waals surface area contributed by atoms with Crippen molar-refractivity contribution in [2.24, 2.45) is 11.8 Å². The molecule has 0 spiro atoms. The normalized spacial score (nSPS) is 30.6.